The van der Waals surface area contributed by atoms with Crippen LogP contribution in [0.15, 0.2) is 36.4 Å². The summed E-state index contributed by atoms with van der Waals surface area (Å²) in [4.78, 5) is 14.2. The normalized spacial score (nSPS) is 12.5. The molecule has 2 aromatic rings. The van der Waals surface area contributed by atoms with Crippen molar-refractivity contribution in [1.29, 1.82) is 0 Å². The molecule has 0 radical (unpaired) electrons. The minimum absolute atomic E-state index is 0.0800. The van der Waals surface area contributed by atoms with Crippen LogP contribution in [-0.2, 0) is 11.3 Å². The molecule has 0 bridgehead atoms. The number of nitrogens with zero attached hydrogens (tertiary/aromatic N) is 1. The second-order valence-electron chi connectivity index (χ2n) is 5.87. The van der Waals surface area contributed by atoms with Crippen molar-refractivity contribution in [3.63, 3.8) is 0 Å². The Morgan fingerprint density at radius 3 is 2.83 bits per heavy atom. The molecule has 1 aliphatic heterocycles. The molecule has 1 amide bonds. The van der Waals surface area contributed by atoms with Gasteiger partial charge in [0.1, 0.15) is 0 Å². The fraction of sp³-hybridized carbons (Fsp3) is 0.278. The molecule has 5 nitrogen and oxygen atoms in total. The third kappa shape index (κ3) is 3.99. The predicted molar refractivity (Wildman–Crippen MR) is 93.7 cm³/mol. The lowest BCUT2D eigenvalue weighted by Gasteiger charge is -2.17. The molecule has 1 heterocycles. The van der Waals surface area contributed by atoms with Gasteiger partial charge in [-0.15, -0.1) is 0 Å². The van der Waals surface area contributed by atoms with Crippen molar-refractivity contribution in [2.24, 2.45) is 0 Å². The van der Waals surface area contributed by atoms with Crippen LogP contribution in [0, 0.1) is 6.92 Å². The summed E-state index contributed by atoms with van der Waals surface area (Å²) in [7, 11) is 1.90. The van der Waals surface area contributed by atoms with Crippen molar-refractivity contribution in [2.75, 3.05) is 25.7 Å². The molecule has 3 rings (SSSR count). The summed E-state index contributed by atoms with van der Waals surface area (Å²) in [6.07, 6.45) is 0. The minimum atomic E-state index is -0.0800. The Morgan fingerprint density at radius 2 is 2.00 bits per heavy atom. The number of halogens is 1. The van der Waals surface area contributed by atoms with E-state index in [1.165, 1.54) is 0 Å². The van der Waals surface area contributed by atoms with E-state index in [-0.39, 0.29) is 19.2 Å². The molecule has 0 aliphatic carbocycles. The number of carbonyl (C=O) groups excluding carboxylic acids is 1. The van der Waals surface area contributed by atoms with E-state index in [1.807, 2.05) is 43.1 Å². The van der Waals surface area contributed by atoms with E-state index in [0.717, 1.165) is 28.3 Å². The summed E-state index contributed by atoms with van der Waals surface area (Å²) in [6.45, 7) is 3.11. The van der Waals surface area contributed by atoms with Gasteiger partial charge in [0.05, 0.1) is 6.54 Å². The van der Waals surface area contributed by atoms with Crippen LogP contribution < -0.4 is 14.8 Å². The van der Waals surface area contributed by atoms with Crippen molar-refractivity contribution in [1.82, 2.24) is 4.90 Å². The molecular formula is C18H19ClN2O3. The highest BCUT2D eigenvalue weighted by atomic mass is 35.5. The summed E-state index contributed by atoms with van der Waals surface area (Å²) < 4.78 is 10.7. The number of rotatable bonds is 5. The Labute approximate surface area is 146 Å². The number of fused-ring (bicyclic) bond motifs is 1. The fourth-order valence-electron chi connectivity index (χ4n) is 2.57. The van der Waals surface area contributed by atoms with E-state index in [0.29, 0.717) is 11.6 Å². The Morgan fingerprint density at radius 1 is 1.21 bits per heavy atom. The maximum absolute atomic E-state index is 12.2. The monoisotopic (exact) mass is 346 g/mol. The molecule has 2 aromatic carbocycles. The molecule has 126 valence electrons. The highest BCUT2D eigenvalue weighted by molar-refractivity contribution is 6.31. The number of nitrogens with one attached hydrogen (secondary N) is 1. The first-order valence-corrected chi connectivity index (χ1v) is 8.02. The maximum atomic E-state index is 12.2. The van der Waals surface area contributed by atoms with Gasteiger partial charge in [-0.05, 0) is 49.4 Å². The number of aryl methyl sites for hydroxylation is 1. The first-order chi connectivity index (χ1) is 11.5. The van der Waals surface area contributed by atoms with Crippen LogP contribution >= 0.6 is 11.6 Å². The van der Waals surface area contributed by atoms with Crippen LogP contribution in [-0.4, -0.2) is 31.2 Å². The third-order valence-corrected chi connectivity index (χ3v) is 4.01. The van der Waals surface area contributed by atoms with Gasteiger partial charge in [0, 0.05) is 17.3 Å². The average Bonchev–Trinajstić information content (AvgIpc) is 2.98. The van der Waals surface area contributed by atoms with Gasteiger partial charge in [0.2, 0.25) is 12.7 Å². The number of carbonyl (C=O) groups is 1. The van der Waals surface area contributed by atoms with Gasteiger partial charge in [0.25, 0.3) is 0 Å². The second kappa shape index (κ2) is 7.11. The standard InChI is InChI=1S/C18H19ClN2O3/c1-12-3-5-14(19)8-15(12)20-18(22)10-21(2)9-13-4-6-16-17(7-13)24-11-23-16/h3-8H,9-11H2,1-2H3,(H,20,22). The molecule has 0 unspecified atom stereocenters. The Bertz CT molecular complexity index is 764. The highest BCUT2D eigenvalue weighted by Crippen LogP contribution is 2.32. The van der Waals surface area contributed by atoms with Crippen molar-refractivity contribution >= 4 is 23.2 Å². The molecule has 6 heteroatoms. The lowest BCUT2D eigenvalue weighted by molar-refractivity contribution is -0.117. The van der Waals surface area contributed by atoms with Crippen LogP contribution in [0.2, 0.25) is 5.02 Å². The Kier molecular flexibility index (Phi) is 4.92. The molecule has 0 atom stereocenters. The summed E-state index contributed by atoms with van der Waals surface area (Å²) in [5, 5.41) is 3.50. The van der Waals surface area contributed by atoms with Crippen molar-refractivity contribution in [3.8, 4) is 11.5 Å². The van der Waals surface area contributed by atoms with Crippen molar-refractivity contribution in [3.05, 3.63) is 52.5 Å². The number of amides is 1. The molecule has 1 aliphatic rings. The molecule has 24 heavy (non-hydrogen) atoms. The van der Waals surface area contributed by atoms with Gasteiger partial charge in [-0.3, -0.25) is 9.69 Å². The predicted octanol–water partition coefficient (Wildman–Crippen LogP) is 3.45. The lowest BCUT2D eigenvalue weighted by atomic mass is 10.2. The number of likely N-dealkylation sites (N-methyl/N-ethyl adjacent to an activating group) is 1. The highest BCUT2D eigenvalue weighted by Gasteiger charge is 2.15. The molecule has 0 aromatic heterocycles. The molecule has 0 spiro atoms. The summed E-state index contributed by atoms with van der Waals surface area (Å²) >= 11 is 5.98. The van der Waals surface area contributed by atoms with Gasteiger partial charge in [0.15, 0.2) is 11.5 Å². The smallest absolute Gasteiger partial charge is 0.238 e. The average molecular weight is 347 g/mol. The number of hydrogen-bond acceptors (Lipinski definition) is 4. The zero-order chi connectivity index (χ0) is 17.1. The first-order valence-electron chi connectivity index (χ1n) is 7.64. The number of ether oxygens (including phenoxy) is 2. The quantitative estimate of drug-likeness (QED) is 0.901. The van der Waals surface area contributed by atoms with E-state index in [4.69, 9.17) is 21.1 Å². The number of hydrogen-bond donors (Lipinski definition) is 1. The van der Waals surface area contributed by atoms with Crippen LogP contribution in [0.1, 0.15) is 11.1 Å². The third-order valence-electron chi connectivity index (χ3n) is 3.78. The summed E-state index contributed by atoms with van der Waals surface area (Å²) in [5.74, 6) is 1.43. The zero-order valence-electron chi connectivity index (χ0n) is 13.6. The van der Waals surface area contributed by atoms with E-state index in [1.54, 1.807) is 12.1 Å². The molecule has 1 N–H and O–H groups in total. The van der Waals surface area contributed by atoms with Gasteiger partial charge in [-0.2, -0.15) is 0 Å². The maximum Gasteiger partial charge on any atom is 0.238 e. The van der Waals surface area contributed by atoms with Gasteiger partial charge < -0.3 is 14.8 Å². The molecular weight excluding hydrogens is 328 g/mol. The summed E-state index contributed by atoms with van der Waals surface area (Å²) in [6, 6.07) is 11.3. The van der Waals surface area contributed by atoms with Gasteiger partial charge in [-0.1, -0.05) is 23.7 Å². The largest absolute Gasteiger partial charge is 0.454 e. The lowest BCUT2D eigenvalue weighted by Crippen LogP contribution is -2.30. The van der Waals surface area contributed by atoms with Gasteiger partial charge in [-0.25, -0.2) is 0 Å². The van der Waals surface area contributed by atoms with Crippen LogP contribution in [0.25, 0.3) is 0 Å². The Hall–Kier alpha value is -2.24. The zero-order valence-corrected chi connectivity index (χ0v) is 14.4. The number of anilines is 1. The first kappa shape index (κ1) is 16.6. The minimum Gasteiger partial charge on any atom is -0.454 e. The topological polar surface area (TPSA) is 50.8 Å². The molecule has 0 saturated carbocycles. The number of benzene rings is 2. The van der Waals surface area contributed by atoms with Crippen molar-refractivity contribution < 1.29 is 14.3 Å². The Balaban J connectivity index is 1.57. The van der Waals surface area contributed by atoms with Crippen molar-refractivity contribution in [2.45, 2.75) is 13.5 Å². The van der Waals surface area contributed by atoms with Crippen LogP contribution in [0.4, 0.5) is 5.69 Å². The van der Waals surface area contributed by atoms with E-state index < -0.39 is 0 Å². The van der Waals surface area contributed by atoms with E-state index in [9.17, 15) is 4.79 Å². The molecule has 0 fully saturated rings. The van der Waals surface area contributed by atoms with Crippen LogP contribution in [0.5, 0.6) is 11.5 Å². The van der Waals surface area contributed by atoms with Crippen LogP contribution in [0.3, 0.4) is 0 Å². The van der Waals surface area contributed by atoms with E-state index in [2.05, 4.69) is 5.32 Å². The summed E-state index contributed by atoms with van der Waals surface area (Å²) in [5.41, 5.74) is 2.78. The van der Waals surface area contributed by atoms with Gasteiger partial charge >= 0.3 is 0 Å². The second-order valence-corrected chi connectivity index (χ2v) is 6.30. The van der Waals surface area contributed by atoms with E-state index >= 15 is 0 Å². The fourth-order valence-corrected chi connectivity index (χ4v) is 2.74. The molecule has 0 saturated heterocycles. The SMILES string of the molecule is Cc1ccc(Cl)cc1NC(=O)CN(C)Cc1ccc2c(c1)OCO2.